The van der Waals surface area contributed by atoms with E-state index in [1.54, 1.807) is 0 Å². The number of ether oxygens (including phenoxy) is 1. The van der Waals surface area contributed by atoms with Crippen molar-refractivity contribution in [1.29, 1.82) is 0 Å². The highest BCUT2D eigenvalue weighted by Crippen LogP contribution is 2.14. The molecule has 0 saturated carbocycles. The molecule has 0 aliphatic rings. The molecule has 0 fully saturated rings. The fourth-order valence-corrected chi connectivity index (χ4v) is 2.12. The Bertz CT molecular complexity index is 407. The minimum Gasteiger partial charge on any atom is -0.465 e. The van der Waals surface area contributed by atoms with Crippen LogP contribution in [0.3, 0.4) is 0 Å². The van der Waals surface area contributed by atoms with Crippen LogP contribution in [0.2, 0.25) is 0 Å². The van der Waals surface area contributed by atoms with E-state index in [4.69, 9.17) is 10.5 Å². The van der Waals surface area contributed by atoms with Crippen LogP contribution in [0.15, 0.2) is 24.3 Å². The molecule has 19 heavy (non-hydrogen) atoms. The Morgan fingerprint density at radius 2 is 2.16 bits per heavy atom. The van der Waals surface area contributed by atoms with Gasteiger partial charge in [0.15, 0.2) is 0 Å². The number of carbonyl (C=O) groups is 1. The van der Waals surface area contributed by atoms with Gasteiger partial charge in [0.1, 0.15) is 6.04 Å². The molecular weight excluding hydrogens is 240 g/mol. The molecule has 106 valence electrons. The standard InChI is InChI=1S/C15H24N2O2/c1-4-7-14(15(18)19-5-2)17(3)11-12-8-6-9-13(16)10-12/h6,8-10,14H,4-5,7,11,16H2,1-3H3. The fraction of sp³-hybridized carbons (Fsp3) is 0.533. The van der Waals surface area contributed by atoms with Crippen molar-refractivity contribution in [2.24, 2.45) is 0 Å². The third-order valence-electron chi connectivity index (χ3n) is 3.04. The summed E-state index contributed by atoms with van der Waals surface area (Å²) in [6, 6.07) is 7.55. The molecule has 4 nitrogen and oxygen atoms in total. The van der Waals surface area contributed by atoms with Gasteiger partial charge in [-0.3, -0.25) is 9.69 Å². The number of nitrogens with two attached hydrogens (primary N) is 1. The van der Waals surface area contributed by atoms with E-state index < -0.39 is 0 Å². The van der Waals surface area contributed by atoms with Crippen LogP contribution in [0.25, 0.3) is 0 Å². The average Bonchev–Trinajstić information content (AvgIpc) is 2.36. The normalized spacial score (nSPS) is 12.4. The van der Waals surface area contributed by atoms with E-state index in [1.807, 2.05) is 43.1 Å². The number of anilines is 1. The molecule has 1 unspecified atom stereocenters. The van der Waals surface area contributed by atoms with Crippen LogP contribution in [-0.2, 0) is 16.1 Å². The quantitative estimate of drug-likeness (QED) is 0.607. The van der Waals surface area contributed by atoms with Crippen LogP contribution >= 0.6 is 0 Å². The number of nitrogen functional groups attached to an aromatic ring is 1. The van der Waals surface area contributed by atoms with Crippen molar-refractivity contribution in [2.45, 2.75) is 39.3 Å². The first-order valence-electron chi connectivity index (χ1n) is 6.79. The lowest BCUT2D eigenvalue weighted by Crippen LogP contribution is -2.39. The number of hydrogen-bond acceptors (Lipinski definition) is 4. The van der Waals surface area contributed by atoms with Gasteiger partial charge in [-0.15, -0.1) is 0 Å². The number of rotatable bonds is 7. The number of likely N-dealkylation sites (N-methyl/N-ethyl adjacent to an activating group) is 1. The lowest BCUT2D eigenvalue weighted by molar-refractivity contribution is -0.149. The maximum atomic E-state index is 11.9. The first kappa shape index (κ1) is 15.5. The first-order chi connectivity index (χ1) is 9.08. The van der Waals surface area contributed by atoms with E-state index in [2.05, 4.69) is 6.92 Å². The van der Waals surface area contributed by atoms with Crippen molar-refractivity contribution in [3.05, 3.63) is 29.8 Å². The van der Waals surface area contributed by atoms with E-state index >= 15 is 0 Å². The third-order valence-corrected chi connectivity index (χ3v) is 3.04. The highest BCUT2D eigenvalue weighted by Gasteiger charge is 2.23. The molecule has 1 aromatic rings. The summed E-state index contributed by atoms with van der Waals surface area (Å²) in [6.45, 7) is 5.01. The van der Waals surface area contributed by atoms with Gasteiger partial charge in [-0.05, 0) is 38.1 Å². The summed E-state index contributed by atoms with van der Waals surface area (Å²) in [6.07, 6.45) is 1.75. The zero-order chi connectivity index (χ0) is 14.3. The van der Waals surface area contributed by atoms with E-state index in [1.165, 1.54) is 0 Å². The van der Waals surface area contributed by atoms with Gasteiger partial charge in [0, 0.05) is 12.2 Å². The Kier molecular flexibility index (Phi) is 6.36. The number of esters is 1. The van der Waals surface area contributed by atoms with E-state index in [9.17, 15) is 4.79 Å². The molecule has 0 amide bonds. The van der Waals surface area contributed by atoms with Gasteiger partial charge in [0.2, 0.25) is 0 Å². The summed E-state index contributed by atoms with van der Waals surface area (Å²) in [7, 11) is 1.94. The Labute approximate surface area is 115 Å². The molecule has 2 N–H and O–H groups in total. The summed E-state index contributed by atoms with van der Waals surface area (Å²) in [5.41, 5.74) is 7.62. The summed E-state index contributed by atoms with van der Waals surface area (Å²) >= 11 is 0. The van der Waals surface area contributed by atoms with Gasteiger partial charge in [-0.2, -0.15) is 0 Å². The molecule has 0 aliphatic carbocycles. The molecule has 0 heterocycles. The van der Waals surface area contributed by atoms with Gasteiger partial charge < -0.3 is 10.5 Å². The number of hydrogen-bond donors (Lipinski definition) is 1. The summed E-state index contributed by atoms with van der Waals surface area (Å²) < 4.78 is 5.13. The average molecular weight is 264 g/mol. The predicted octanol–water partition coefficient (Wildman–Crippen LogP) is 2.43. The number of carbonyl (C=O) groups excluding carboxylic acids is 1. The van der Waals surface area contributed by atoms with Crippen LogP contribution < -0.4 is 5.73 Å². The molecule has 0 aromatic heterocycles. The zero-order valence-corrected chi connectivity index (χ0v) is 12.1. The van der Waals surface area contributed by atoms with Crippen molar-refractivity contribution in [2.75, 3.05) is 19.4 Å². The van der Waals surface area contributed by atoms with Crippen molar-refractivity contribution in [3.63, 3.8) is 0 Å². The maximum Gasteiger partial charge on any atom is 0.323 e. The Hall–Kier alpha value is -1.55. The SMILES string of the molecule is CCCC(C(=O)OCC)N(C)Cc1cccc(N)c1. The smallest absolute Gasteiger partial charge is 0.323 e. The minimum absolute atomic E-state index is 0.143. The fourth-order valence-electron chi connectivity index (χ4n) is 2.12. The van der Waals surface area contributed by atoms with E-state index in [0.29, 0.717) is 13.2 Å². The van der Waals surface area contributed by atoms with Crippen molar-refractivity contribution < 1.29 is 9.53 Å². The van der Waals surface area contributed by atoms with Crippen molar-refractivity contribution in [1.82, 2.24) is 4.90 Å². The second-order valence-corrected chi connectivity index (χ2v) is 4.72. The number of nitrogens with zero attached hydrogens (tertiary/aromatic N) is 1. The van der Waals surface area contributed by atoms with Crippen LogP contribution in [-0.4, -0.2) is 30.6 Å². The van der Waals surface area contributed by atoms with Crippen LogP contribution in [0.4, 0.5) is 5.69 Å². The lowest BCUT2D eigenvalue weighted by atomic mass is 10.1. The molecule has 1 aromatic carbocycles. The first-order valence-corrected chi connectivity index (χ1v) is 6.79. The molecule has 1 atom stereocenters. The van der Waals surface area contributed by atoms with Crippen LogP contribution in [0.1, 0.15) is 32.3 Å². The number of benzene rings is 1. The molecular formula is C15H24N2O2. The largest absolute Gasteiger partial charge is 0.465 e. The molecule has 0 spiro atoms. The second-order valence-electron chi connectivity index (χ2n) is 4.72. The Morgan fingerprint density at radius 1 is 1.42 bits per heavy atom. The van der Waals surface area contributed by atoms with Gasteiger partial charge >= 0.3 is 5.97 Å². The molecule has 1 rings (SSSR count). The molecule has 0 radical (unpaired) electrons. The summed E-state index contributed by atoms with van der Waals surface area (Å²) in [5.74, 6) is -0.143. The van der Waals surface area contributed by atoms with Gasteiger partial charge in [0.05, 0.1) is 6.61 Å². The molecule has 0 bridgehead atoms. The Balaban J connectivity index is 2.71. The maximum absolute atomic E-state index is 11.9. The molecule has 4 heteroatoms. The lowest BCUT2D eigenvalue weighted by Gasteiger charge is -2.26. The second kappa shape index (κ2) is 7.79. The van der Waals surface area contributed by atoms with E-state index in [0.717, 1.165) is 24.1 Å². The highest BCUT2D eigenvalue weighted by molar-refractivity contribution is 5.75. The van der Waals surface area contributed by atoms with Gasteiger partial charge in [-0.1, -0.05) is 25.5 Å². The summed E-state index contributed by atoms with van der Waals surface area (Å²) in [4.78, 5) is 14.0. The third kappa shape index (κ3) is 4.91. The Morgan fingerprint density at radius 3 is 2.74 bits per heavy atom. The molecule has 0 saturated heterocycles. The van der Waals surface area contributed by atoms with Crippen LogP contribution in [0.5, 0.6) is 0 Å². The monoisotopic (exact) mass is 264 g/mol. The minimum atomic E-state index is -0.189. The zero-order valence-electron chi connectivity index (χ0n) is 12.1. The van der Waals surface area contributed by atoms with Gasteiger partial charge in [-0.25, -0.2) is 0 Å². The van der Waals surface area contributed by atoms with Crippen molar-refractivity contribution >= 4 is 11.7 Å². The summed E-state index contributed by atoms with van der Waals surface area (Å²) in [5, 5.41) is 0. The van der Waals surface area contributed by atoms with E-state index in [-0.39, 0.29) is 12.0 Å². The predicted molar refractivity (Wildman–Crippen MR) is 77.7 cm³/mol. The van der Waals surface area contributed by atoms with Crippen molar-refractivity contribution in [3.8, 4) is 0 Å². The topological polar surface area (TPSA) is 55.6 Å². The molecule has 0 aliphatic heterocycles. The van der Waals surface area contributed by atoms with Crippen LogP contribution in [0, 0.1) is 0 Å². The highest BCUT2D eigenvalue weighted by atomic mass is 16.5. The van der Waals surface area contributed by atoms with Gasteiger partial charge in [0.25, 0.3) is 0 Å².